The van der Waals surface area contributed by atoms with Gasteiger partial charge in [-0.05, 0) is 109 Å². The maximum atomic E-state index is 12.8. The molecule has 0 aromatic heterocycles. The number of carbonyl (C=O) groups is 3. The smallest absolute Gasteiger partial charge is 0.306 e. The highest BCUT2D eigenvalue weighted by molar-refractivity contribution is 5.71. The number of esters is 3. The van der Waals surface area contributed by atoms with E-state index in [0.717, 1.165) is 128 Å². The van der Waals surface area contributed by atoms with Crippen LogP contribution in [0.25, 0.3) is 0 Å². The Labute approximate surface area is 433 Å². The van der Waals surface area contributed by atoms with Gasteiger partial charge in [0, 0.05) is 19.3 Å². The van der Waals surface area contributed by atoms with Crippen LogP contribution in [0, 0.1) is 0 Å². The number of unbranched alkanes of at least 4 members (excludes halogenated alkanes) is 28. The van der Waals surface area contributed by atoms with Crippen LogP contribution in [0.2, 0.25) is 0 Å². The van der Waals surface area contributed by atoms with Crippen molar-refractivity contribution in [2.75, 3.05) is 13.2 Å². The fourth-order valence-electron chi connectivity index (χ4n) is 8.15. The Morgan fingerprint density at radius 2 is 0.571 bits per heavy atom. The van der Waals surface area contributed by atoms with Gasteiger partial charge in [0.15, 0.2) is 6.10 Å². The zero-order valence-electron chi connectivity index (χ0n) is 46.0. The van der Waals surface area contributed by atoms with Crippen LogP contribution in [-0.4, -0.2) is 37.2 Å². The van der Waals surface area contributed by atoms with E-state index in [0.29, 0.717) is 19.3 Å². The molecule has 0 aliphatic heterocycles. The summed E-state index contributed by atoms with van der Waals surface area (Å²) in [6, 6.07) is 0. The van der Waals surface area contributed by atoms with Crippen molar-refractivity contribution < 1.29 is 28.6 Å². The van der Waals surface area contributed by atoms with E-state index in [1.807, 2.05) is 0 Å². The summed E-state index contributed by atoms with van der Waals surface area (Å²) < 4.78 is 16.9. The molecule has 0 radical (unpaired) electrons. The molecule has 1 unspecified atom stereocenters. The molecular weight excluding hydrogens is 865 g/mol. The van der Waals surface area contributed by atoms with Gasteiger partial charge in [0.25, 0.3) is 0 Å². The first-order chi connectivity index (χ1) is 34.5. The number of hydrogen-bond donors (Lipinski definition) is 0. The number of hydrogen-bond acceptors (Lipinski definition) is 6. The first-order valence-corrected chi connectivity index (χ1v) is 29.6. The van der Waals surface area contributed by atoms with Gasteiger partial charge in [0.2, 0.25) is 0 Å². The fraction of sp³-hybridized carbons (Fsp3) is 0.734. The van der Waals surface area contributed by atoms with Crippen molar-refractivity contribution in [2.45, 2.75) is 290 Å². The molecule has 0 amide bonds. The van der Waals surface area contributed by atoms with E-state index >= 15 is 0 Å². The second-order valence-corrected chi connectivity index (χ2v) is 19.5. The van der Waals surface area contributed by atoms with E-state index in [1.54, 1.807) is 0 Å². The Bertz CT molecular complexity index is 1350. The molecular formula is C64H110O6. The SMILES string of the molecule is CC/C=C\C/C=C\C/C=C\CCCCCCCC(=O)OC(COC(=O)CCCCCCC/C=C\C/C=C\CCCC)COC(=O)CCCCCCCCCCCCC/C=C\C/C=C\CCCCCCC. The van der Waals surface area contributed by atoms with Crippen LogP contribution in [0.3, 0.4) is 0 Å². The van der Waals surface area contributed by atoms with Crippen molar-refractivity contribution in [1.82, 2.24) is 0 Å². The van der Waals surface area contributed by atoms with Gasteiger partial charge in [0.05, 0.1) is 0 Å². The highest BCUT2D eigenvalue weighted by Gasteiger charge is 2.19. The summed E-state index contributed by atoms with van der Waals surface area (Å²) in [5, 5.41) is 0. The minimum atomic E-state index is -0.793. The van der Waals surface area contributed by atoms with Crippen molar-refractivity contribution >= 4 is 17.9 Å². The van der Waals surface area contributed by atoms with Crippen LogP contribution in [0.1, 0.15) is 284 Å². The van der Waals surface area contributed by atoms with Crippen LogP contribution < -0.4 is 0 Å². The molecule has 6 heteroatoms. The maximum Gasteiger partial charge on any atom is 0.306 e. The van der Waals surface area contributed by atoms with Crippen LogP contribution in [0.5, 0.6) is 0 Å². The van der Waals surface area contributed by atoms with Crippen LogP contribution >= 0.6 is 0 Å². The molecule has 0 heterocycles. The third kappa shape index (κ3) is 55.5. The van der Waals surface area contributed by atoms with Crippen molar-refractivity contribution in [3.63, 3.8) is 0 Å². The maximum absolute atomic E-state index is 12.8. The largest absolute Gasteiger partial charge is 0.462 e. The van der Waals surface area contributed by atoms with E-state index in [1.165, 1.54) is 116 Å². The summed E-state index contributed by atoms with van der Waals surface area (Å²) in [5.74, 6) is -0.916. The van der Waals surface area contributed by atoms with Gasteiger partial charge >= 0.3 is 17.9 Å². The molecule has 0 rings (SSSR count). The minimum absolute atomic E-state index is 0.0890. The van der Waals surface area contributed by atoms with Crippen LogP contribution in [-0.2, 0) is 28.6 Å². The lowest BCUT2D eigenvalue weighted by atomic mass is 10.0. The van der Waals surface area contributed by atoms with Crippen LogP contribution in [0.4, 0.5) is 0 Å². The zero-order chi connectivity index (χ0) is 50.7. The summed E-state index contributed by atoms with van der Waals surface area (Å²) >= 11 is 0. The average molecular weight is 976 g/mol. The summed E-state index contributed by atoms with van der Waals surface area (Å²) in [4.78, 5) is 38.2. The minimum Gasteiger partial charge on any atom is -0.462 e. The summed E-state index contributed by atoms with van der Waals surface area (Å²) in [5.41, 5.74) is 0. The first-order valence-electron chi connectivity index (χ1n) is 29.6. The molecule has 0 saturated heterocycles. The van der Waals surface area contributed by atoms with Crippen molar-refractivity contribution in [1.29, 1.82) is 0 Å². The van der Waals surface area contributed by atoms with Gasteiger partial charge in [-0.25, -0.2) is 0 Å². The predicted octanol–water partition coefficient (Wildman–Crippen LogP) is 19.9. The molecule has 1 atom stereocenters. The van der Waals surface area contributed by atoms with E-state index in [-0.39, 0.29) is 31.1 Å². The van der Waals surface area contributed by atoms with Gasteiger partial charge in [-0.3, -0.25) is 14.4 Å². The molecule has 0 N–H and O–H groups in total. The summed E-state index contributed by atoms with van der Waals surface area (Å²) in [6.45, 7) is 6.46. The van der Waals surface area contributed by atoms with E-state index in [9.17, 15) is 14.4 Å². The molecule has 0 aromatic rings. The Hall–Kier alpha value is -3.41. The molecule has 0 aromatic carbocycles. The fourth-order valence-corrected chi connectivity index (χ4v) is 8.15. The van der Waals surface area contributed by atoms with Crippen molar-refractivity contribution in [3.05, 3.63) is 85.1 Å². The predicted molar refractivity (Wildman–Crippen MR) is 302 cm³/mol. The monoisotopic (exact) mass is 975 g/mol. The Morgan fingerprint density at radius 3 is 0.914 bits per heavy atom. The molecule has 0 aliphatic rings. The summed E-state index contributed by atoms with van der Waals surface area (Å²) in [7, 11) is 0. The third-order valence-electron chi connectivity index (χ3n) is 12.6. The number of ether oxygens (including phenoxy) is 3. The molecule has 0 fully saturated rings. The van der Waals surface area contributed by atoms with E-state index < -0.39 is 6.10 Å². The highest BCUT2D eigenvalue weighted by Crippen LogP contribution is 2.15. The average Bonchev–Trinajstić information content (AvgIpc) is 3.36. The lowest BCUT2D eigenvalue weighted by molar-refractivity contribution is -0.167. The molecule has 402 valence electrons. The van der Waals surface area contributed by atoms with Crippen molar-refractivity contribution in [3.8, 4) is 0 Å². The first kappa shape index (κ1) is 66.6. The van der Waals surface area contributed by atoms with E-state index in [4.69, 9.17) is 14.2 Å². The normalized spacial score (nSPS) is 12.7. The molecule has 0 spiro atoms. The Balaban J connectivity index is 4.35. The van der Waals surface area contributed by atoms with Crippen LogP contribution in [0.15, 0.2) is 85.1 Å². The number of allylic oxidation sites excluding steroid dienone is 14. The second-order valence-electron chi connectivity index (χ2n) is 19.5. The Morgan fingerprint density at radius 1 is 0.300 bits per heavy atom. The van der Waals surface area contributed by atoms with E-state index in [2.05, 4.69) is 106 Å². The lowest BCUT2D eigenvalue weighted by Crippen LogP contribution is -2.30. The summed E-state index contributed by atoms with van der Waals surface area (Å²) in [6.07, 6.45) is 75.8. The second kappa shape index (κ2) is 58.2. The molecule has 0 saturated carbocycles. The molecule has 0 aliphatic carbocycles. The van der Waals surface area contributed by atoms with Gasteiger partial charge in [-0.15, -0.1) is 0 Å². The third-order valence-corrected chi connectivity index (χ3v) is 12.6. The van der Waals surface area contributed by atoms with Gasteiger partial charge in [-0.1, -0.05) is 241 Å². The number of carbonyl (C=O) groups excluding carboxylic acids is 3. The standard InChI is InChI=1S/C64H110O6/c1-4-7-10-13-16-19-22-25-28-29-30-31-32-33-34-35-37-39-42-45-48-51-54-57-63(66)69-60-61(59-68-62(65)56-53-50-47-44-41-38-27-24-21-18-15-12-9-6-3)70-64(67)58-55-52-49-46-43-40-36-26-23-20-17-14-11-8-5-2/h8,11,15,17-18,20,22,24-27,29-30,36,61H,4-7,9-10,12-14,16,19,21,23,28,31-35,37-60H2,1-3H3/b11-8-,18-15-,20-17-,25-22-,27-24-,30-29-,36-26-. The lowest BCUT2D eigenvalue weighted by Gasteiger charge is -2.18. The van der Waals surface area contributed by atoms with Gasteiger partial charge in [-0.2, -0.15) is 0 Å². The zero-order valence-corrected chi connectivity index (χ0v) is 46.0. The van der Waals surface area contributed by atoms with Crippen molar-refractivity contribution in [2.24, 2.45) is 0 Å². The topological polar surface area (TPSA) is 78.9 Å². The molecule has 6 nitrogen and oxygen atoms in total. The highest BCUT2D eigenvalue weighted by atomic mass is 16.6. The number of rotatable bonds is 53. The van der Waals surface area contributed by atoms with Gasteiger partial charge < -0.3 is 14.2 Å². The molecule has 0 bridgehead atoms. The Kier molecular flexibility index (Phi) is 55.3. The van der Waals surface area contributed by atoms with Gasteiger partial charge in [0.1, 0.15) is 13.2 Å². The molecule has 70 heavy (non-hydrogen) atoms. The quantitative estimate of drug-likeness (QED) is 0.0261.